The van der Waals surface area contributed by atoms with E-state index in [9.17, 15) is 14.7 Å². The number of ketones is 1. The first-order valence-electron chi connectivity index (χ1n) is 8.56. The molecule has 1 aliphatic heterocycles. The van der Waals surface area contributed by atoms with Crippen LogP contribution in [0.2, 0.25) is 0 Å². The second-order valence-corrected chi connectivity index (χ2v) is 8.42. The van der Waals surface area contributed by atoms with Gasteiger partial charge in [0.2, 0.25) is 5.78 Å². The van der Waals surface area contributed by atoms with Gasteiger partial charge in [-0.1, -0.05) is 31.4 Å². The average Bonchev–Trinajstić information content (AvgIpc) is 3.37. The molecule has 3 heterocycles. The summed E-state index contributed by atoms with van der Waals surface area (Å²) in [5.74, 6) is -1.01. The maximum absolute atomic E-state index is 13.0. The lowest BCUT2D eigenvalue weighted by atomic mass is 9.92. The fraction of sp³-hybridized carbons (Fsp3) is 0.368. The Labute approximate surface area is 154 Å². The largest absolute Gasteiger partial charge is 0.503 e. The molecule has 1 amide bonds. The second kappa shape index (κ2) is 6.77. The zero-order valence-electron chi connectivity index (χ0n) is 13.7. The standard InChI is InChI=1S/C19H19NO3S2/c21-17(14-9-5-11-25-14)15-16(13-8-4-10-24-13)20(19(23)18(15)22)12-6-2-1-3-7-12/h4-5,8-12,16,22H,1-3,6-7H2. The molecule has 1 fully saturated rings. The normalized spacial score (nSPS) is 22.0. The lowest BCUT2D eigenvalue weighted by Gasteiger charge is -2.35. The fourth-order valence-corrected chi connectivity index (χ4v) is 5.37. The Bertz CT molecular complexity index is 802. The third-order valence-corrected chi connectivity index (χ3v) is 6.81. The molecule has 2 aromatic rings. The summed E-state index contributed by atoms with van der Waals surface area (Å²) in [5.41, 5.74) is 0.237. The zero-order valence-corrected chi connectivity index (χ0v) is 15.3. The molecule has 1 aliphatic carbocycles. The molecule has 130 valence electrons. The molecule has 0 radical (unpaired) electrons. The van der Waals surface area contributed by atoms with Gasteiger partial charge in [0.1, 0.15) is 0 Å². The van der Waals surface area contributed by atoms with Gasteiger partial charge in [-0.05, 0) is 35.7 Å². The first kappa shape index (κ1) is 16.5. The van der Waals surface area contributed by atoms with Gasteiger partial charge < -0.3 is 10.0 Å². The van der Waals surface area contributed by atoms with Crippen LogP contribution in [0, 0.1) is 0 Å². The minimum atomic E-state index is -0.467. The highest BCUT2D eigenvalue weighted by Gasteiger charge is 2.47. The summed E-state index contributed by atoms with van der Waals surface area (Å²) in [6.07, 6.45) is 5.21. The number of nitrogens with zero attached hydrogens (tertiary/aromatic N) is 1. The van der Waals surface area contributed by atoms with E-state index in [0.29, 0.717) is 4.88 Å². The molecule has 1 unspecified atom stereocenters. The SMILES string of the molecule is O=C(C1=C(O)C(=O)N(C2CCCCC2)C1c1cccs1)c1cccs1. The van der Waals surface area contributed by atoms with Crippen LogP contribution in [0.25, 0.3) is 0 Å². The van der Waals surface area contributed by atoms with Gasteiger partial charge in [0.15, 0.2) is 5.76 Å². The van der Waals surface area contributed by atoms with Crippen LogP contribution in [-0.4, -0.2) is 27.7 Å². The van der Waals surface area contributed by atoms with E-state index in [0.717, 1.165) is 30.6 Å². The van der Waals surface area contributed by atoms with Gasteiger partial charge in [-0.15, -0.1) is 22.7 Å². The molecule has 0 saturated heterocycles. The second-order valence-electron chi connectivity index (χ2n) is 6.49. The van der Waals surface area contributed by atoms with Crippen LogP contribution in [0.5, 0.6) is 0 Å². The van der Waals surface area contributed by atoms with Crippen molar-refractivity contribution >= 4 is 34.4 Å². The third-order valence-electron chi connectivity index (χ3n) is 5.01. The summed E-state index contributed by atoms with van der Waals surface area (Å²) in [5, 5.41) is 14.4. The number of thiophene rings is 2. The van der Waals surface area contributed by atoms with Crippen LogP contribution in [-0.2, 0) is 4.79 Å². The van der Waals surface area contributed by atoms with Crippen LogP contribution in [0.4, 0.5) is 0 Å². The lowest BCUT2D eigenvalue weighted by molar-refractivity contribution is -0.132. The van der Waals surface area contributed by atoms with Gasteiger partial charge in [0.05, 0.1) is 16.5 Å². The molecular formula is C19H19NO3S2. The number of hydrogen-bond donors (Lipinski definition) is 1. The first-order valence-corrected chi connectivity index (χ1v) is 10.3. The van der Waals surface area contributed by atoms with Crippen LogP contribution in [0.15, 0.2) is 46.4 Å². The van der Waals surface area contributed by atoms with Gasteiger partial charge in [0.25, 0.3) is 5.91 Å². The number of hydrogen-bond acceptors (Lipinski definition) is 5. The Kier molecular flexibility index (Phi) is 4.48. The van der Waals surface area contributed by atoms with Crippen molar-refractivity contribution in [1.29, 1.82) is 0 Å². The minimum absolute atomic E-state index is 0.0872. The smallest absolute Gasteiger partial charge is 0.290 e. The summed E-state index contributed by atoms with van der Waals surface area (Å²) in [4.78, 5) is 29.1. The van der Waals surface area contributed by atoms with E-state index in [2.05, 4.69) is 0 Å². The summed E-state index contributed by atoms with van der Waals surface area (Å²) in [6, 6.07) is 7.04. The van der Waals surface area contributed by atoms with Crippen molar-refractivity contribution in [2.75, 3.05) is 0 Å². The maximum atomic E-state index is 13.0. The number of carbonyl (C=O) groups is 2. The average molecular weight is 373 g/mol. The Morgan fingerprint density at radius 2 is 1.80 bits per heavy atom. The van der Waals surface area contributed by atoms with Crippen molar-refractivity contribution in [3.05, 3.63) is 56.1 Å². The lowest BCUT2D eigenvalue weighted by Crippen LogP contribution is -2.41. The van der Waals surface area contributed by atoms with Gasteiger partial charge >= 0.3 is 0 Å². The number of aliphatic hydroxyl groups is 1. The van der Waals surface area contributed by atoms with Gasteiger partial charge in [-0.25, -0.2) is 0 Å². The number of carbonyl (C=O) groups excluding carboxylic acids is 2. The van der Waals surface area contributed by atoms with Crippen molar-refractivity contribution in [2.24, 2.45) is 0 Å². The predicted molar refractivity (Wildman–Crippen MR) is 99.1 cm³/mol. The van der Waals surface area contributed by atoms with E-state index >= 15 is 0 Å². The van der Waals surface area contributed by atoms with Crippen LogP contribution >= 0.6 is 22.7 Å². The number of Topliss-reactive ketones (excluding diaryl/α,β-unsaturated/α-hetero) is 1. The molecule has 0 aromatic carbocycles. The third kappa shape index (κ3) is 2.83. The zero-order chi connectivity index (χ0) is 17.4. The Morgan fingerprint density at radius 3 is 2.44 bits per heavy atom. The van der Waals surface area contributed by atoms with Gasteiger partial charge in [-0.2, -0.15) is 0 Å². The van der Waals surface area contributed by atoms with E-state index in [4.69, 9.17) is 0 Å². The van der Waals surface area contributed by atoms with Gasteiger partial charge in [0, 0.05) is 10.9 Å². The molecule has 4 nitrogen and oxygen atoms in total. The van der Waals surface area contributed by atoms with Crippen LogP contribution < -0.4 is 0 Å². The molecule has 1 atom stereocenters. The number of aliphatic hydroxyl groups excluding tert-OH is 1. The maximum Gasteiger partial charge on any atom is 0.290 e. The predicted octanol–water partition coefficient (Wildman–Crippen LogP) is 4.72. The molecular weight excluding hydrogens is 354 g/mol. The van der Waals surface area contributed by atoms with Crippen molar-refractivity contribution < 1.29 is 14.7 Å². The summed E-state index contributed by atoms with van der Waals surface area (Å²) in [6.45, 7) is 0. The van der Waals surface area contributed by atoms with E-state index < -0.39 is 11.9 Å². The van der Waals surface area contributed by atoms with Crippen molar-refractivity contribution in [3.8, 4) is 0 Å². The van der Waals surface area contributed by atoms with Crippen molar-refractivity contribution in [2.45, 2.75) is 44.2 Å². The van der Waals surface area contributed by atoms with E-state index in [1.165, 1.54) is 29.1 Å². The molecule has 0 bridgehead atoms. The van der Waals surface area contributed by atoms with Crippen LogP contribution in [0.1, 0.15) is 52.7 Å². The van der Waals surface area contributed by atoms with E-state index in [1.54, 1.807) is 11.0 Å². The fourth-order valence-electron chi connectivity index (χ4n) is 3.86. The molecule has 2 aromatic heterocycles. The first-order chi connectivity index (χ1) is 12.2. The monoisotopic (exact) mass is 373 g/mol. The molecule has 1 saturated carbocycles. The van der Waals surface area contributed by atoms with Crippen molar-refractivity contribution in [1.82, 2.24) is 4.90 Å². The van der Waals surface area contributed by atoms with Gasteiger partial charge in [-0.3, -0.25) is 9.59 Å². The van der Waals surface area contributed by atoms with Crippen LogP contribution in [0.3, 0.4) is 0 Å². The Balaban J connectivity index is 1.78. The molecule has 25 heavy (non-hydrogen) atoms. The minimum Gasteiger partial charge on any atom is -0.503 e. The van der Waals surface area contributed by atoms with E-state index in [1.807, 2.05) is 29.0 Å². The van der Waals surface area contributed by atoms with Crippen molar-refractivity contribution in [3.63, 3.8) is 0 Å². The molecule has 4 rings (SSSR count). The number of amides is 1. The summed E-state index contributed by atoms with van der Waals surface area (Å²) < 4.78 is 0. The van der Waals surface area contributed by atoms with E-state index in [-0.39, 0.29) is 23.2 Å². The highest BCUT2D eigenvalue weighted by molar-refractivity contribution is 7.12. The Hall–Kier alpha value is -1.92. The quantitative estimate of drug-likeness (QED) is 0.789. The molecule has 0 spiro atoms. The summed E-state index contributed by atoms with van der Waals surface area (Å²) >= 11 is 2.86. The molecule has 6 heteroatoms. The molecule has 1 N–H and O–H groups in total. The Morgan fingerprint density at radius 1 is 1.08 bits per heavy atom. The highest BCUT2D eigenvalue weighted by Crippen LogP contribution is 2.44. The number of rotatable bonds is 4. The highest BCUT2D eigenvalue weighted by atomic mass is 32.1. The molecule has 2 aliphatic rings. The topological polar surface area (TPSA) is 57.6 Å². The summed E-state index contributed by atoms with van der Waals surface area (Å²) in [7, 11) is 0.